The van der Waals surface area contributed by atoms with E-state index in [0.717, 1.165) is 31.2 Å². The summed E-state index contributed by atoms with van der Waals surface area (Å²) in [6.07, 6.45) is -14.7. The van der Waals surface area contributed by atoms with Crippen molar-refractivity contribution in [1.82, 2.24) is 0 Å². The summed E-state index contributed by atoms with van der Waals surface area (Å²) in [5.41, 5.74) is -1.45. The van der Waals surface area contributed by atoms with Gasteiger partial charge in [-0.15, -0.1) is 0 Å². The number of benzene rings is 2. The molecule has 5 rings (SSSR count). The molecule has 0 unspecified atom stereocenters. The van der Waals surface area contributed by atoms with Crippen LogP contribution in [0.4, 0.5) is 0 Å². The normalized spacial score (nSPS) is 30.2. The monoisotopic (exact) mass is 638 g/mol. The van der Waals surface area contributed by atoms with E-state index in [4.69, 9.17) is 28.1 Å². The molecule has 45 heavy (non-hydrogen) atoms. The van der Waals surface area contributed by atoms with Crippen molar-refractivity contribution in [3.63, 3.8) is 0 Å². The highest BCUT2D eigenvalue weighted by atomic mass is 16.7. The van der Waals surface area contributed by atoms with Crippen molar-refractivity contribution in [2.24, 2.45) is 0 Å². The maximum absolute atomic E-state index is 13.9. The second kappa shape index (κ2) is 12.7. The number of hydrogen-bond donors (Lipinski definition) is 9. The lowest BCUT2D eigenvalue weighted by Gasteiger charge is -2.41. The van der Waals surface area contributed by atoms with Gasteiger partial charge in [-0.2, -0.15) is 0 Å². The summed E-state index contributed by atoms with van der Waals surface area (Å²) in [6, 6.07) is 5.39. The Morgan fingerprint density at radius 2 is 1.62 bits per heavy atom. The Morgan fingerprint density at radius 1 is 0.889 bits per heavy atom. The van der Waals surface area contributed by atoms with Gasteiger partial charge in [-0.1, -0.05) is 0 Å². The molecule has 3 heterocycles. The van der Waals surface area contributed by atoms with Crippen LogP contribution < -0.4 is 14.9 Å². The van der Waals surface area contributed by atoms with Crippen LogP contribution in [-0.4, -0.2) is 120 Å². The van der Waals surface area contributed by atoms with Gasteiger partial charge in [0.2, 0.25) is 23.8 Å². The van der Waals surface area contributed by atoms with Crippen LogP contribution in [0.5, 0.6) is 28.7 Å². The highest BCUT2D eigenvalue weighted by Crippen LogP contribution is 2.40. The Kier molecular flexibility index (Phi) is 9.06. The van der Waals surface area contributed by atoms with Gasteiger partial charge in [0.05, 0.1) is 13.2 Å². The third kappa shape index (κ3) is 6.20. The molecule has 0 aliphatic carbocycles. The topological polar surface area (TPSA) is 275 Å². The summed E-state index contributed by atoms with van der Waals surface area (Å²) in [5.74, 6) is -4.14. The largest absolute Gasteiger partial charge is 0.507 e. The Labute approximate surface area is 252 Å². The standard InChI is InChI=1S/C28H30O17/c1-9(30)41-26-22(38)20(36)17(7-29)44-28(26)45-25-21(37)18-14(33)5-11(42-27-23(39)19(35)15(34)8-40-27)6-16(18)43-24(25)10-2-3-12(31)13(32)4-10/h2-6,15,17,19-20,22-23,26-29,31-36,38-39H,7-8H2,1H3/t15-,17-,19-,20+,22+,23+,26-,27-,28+/m0/s1. The molecule has 0 radical (unpaired) electrons. The molecule has 244 valence electrons. The average molecular weight is 639 g/mol. The molecule has 17 nitrogen and oxygen atoms in total. The molecule has 1 aromatic heterocycles. The Bertz CT molecular complexity index is 1620. The van der Waals surface area contributed by atoms with Crippen LogP contribution in [0.25, 0.3) is 22.3 Å². The molecule has 17 heteroatoms. The number of carbonyl (C=O) groups excluding carboxylic acids is 1. The van der Waals surface area contributed by atoms with Crippen molar-refractivity contribution >= 4 is 16.9 Å². The summed E-state index contributed by atoms with van der Waals surface area (Å²) < 4.78 is 33.0. The zero-order chi connectivity index (χ0) is 32.7. The lowest BCUT2D eigenvalue weighted by Crippen LogP contribution is -2.61. The van der Waals surface area contributed by atoms with Gasteiger partial charge >= 0.3 is 5.97 Å². The fourth-order valence-corrected chi connectivity index (χ4v) is 4.89. The van der Waals surface area contributed by atoms with Crippen LogP contribution in [0.3, 0.4) is 0 Å². The minimum absolute atomic E-state index is 0.0626. The summed E-state index contributed by atoms with van der Waals surface area (Å²) in [5, 5.41) is 90.8. The van der Waals surface area contributed by atoms with E-state index < -0.39 is 107 Å². The maximum atomic E-state index is 13.9. The van der Waals surface area contributed by atoms with Crippen LogP contribution in [0.2, 0.25) is 0 Å². The third-order valence-electron chi connectivity index (χ3n) is 7.21. The van der Waals surface area contributed by atoms with E-state index in [-0.39, 0.29) is 23.5 Å². The minimum Gasteiger partial charge on any atom is -0.507 e. The number of fused-ring (bicyclic) bond motifs is 1. The molecular formula is C28H30O17. The molecule has 2 aliphatic heterocycles. The molecule has 0 saturated carbocycles. The summed E-state index contributed by atoms with van der Waals surface area (Å²) >= 11 is 0. The van der Waals surface area contributed by atoms with Crippen LogP contribution in [0.1, 0.15) is 6.92 Å². The first kappa shape index (κ1) is 32.2. The molecule has 9 atom stereocenters. The van der Waals surface area contributed by atoms with E-state index in [1.165, 1.54) is 6.07 Å². The van der Waals surface area contributed by atoms with Crippen LogP contribution >= 0.6 is 0 Å². The molecule has 9 N–H and O–H groups in total. The first-order valence-corrected chi connectivity index (χ1v) is 13.5. The highest BCUT2D eigenvalue weighted by Gasteiger charge is 2.48. The second-order valence-corrected chi connectivity index (χ2v) is 10.4. The van der Waals surface area contributed by atoms with E-state index in [0.29, 0.717) is 0 Å². The Hall–Kier alpha value is -4.20. The first-order chi connectivity index (χ1) is 21.3. The van der Waals surface area contributed by atoms with Crippen molar-refractivity contribution in [2.75, 3.05) is 13.2 Å². The van der Waals surface area contributed by atoms with Crippen molar-refractivity contribution < 1.29 is 78.9 Å². The van der Waals surface area contributed by atoms with Gasteiger partial charge in [0.15, 0.2) is 23.4 Å². The first-order valence-electron chi connectivity index (χ1n) is 13.5. The highest BCUT2D eigenvalue weighted by molar-refractivity contribution is 5.88. The number of ether oxygens (including phenoxy) is 5. The number of carbonyl (C=O) groups is 1. The van der Waals surface area contributed by atoms with Crippen LogP contribution in [-0.2, 0) is 19.0 Å². The van der Waals surface area contributed by atoms with E-state index in [2.05, 4.69) is 0 Å². The maximum Gasteiger partial charge on any atom is 0.303 e. The predicted octanol–water partition coefficient (Wildman–Crippen LogP) is -1.86. The van der Waals surface area contributed by atoms with Crippen molar-refractivity contribution in [3.8, 4) is 40.1 Å². The Morgan fingerprint density at radius 3 is 2.29 bits per heavy atom. The van der Waals surface area contributed by atoms with Gasteiger partial charge in [-0.3, -0.25) is 9.59 Å². The molecule has 0 amide bonds. The molecule has 3 aromatic rings. The molecule has 2 aliphatic rings. The smallest absolute Gasteiger partial charge is 0.303 e. The van der Waals surface area contributed by atoms with Gasteiger partial charge in [0.1, 0.15) is 59.1 Å². The summed E-state index contributed by atoms with van der Waals surface area (Å²) in [4.78, 5) is 25.7. The second-order valence-electron chi connectivity index (χ2n) is 10.4. The lowest BCUT2D eigenvalue weighted by atomic mass is 9.99. The number of phenolic OH excluding ortho intramolecular Hbond substituents is 3. The van der Waals surface area contributed by atoms with Crippen LogP contribution in [0.15, 0.2) is 39.5 Å². The van der Waals surface area contributed by atoms with E-state index in [9.17, 15) is 55.5 Å². The summed E-state index contributed by atoms with van der Waals surface area (Å²) in [7, 11) is 0. The van der Waals surface area contributed by atoms with Gasteiger partial charge in [-0.05, 0) is 18.2 Å². The van der Waals surface area contributed by atoms with E-state index >= 15 is 0 Å². The van der Waals surface area contributed by atoms with E-state index in [1.54, 1.807) is 0 Å². The number of phenols is 3. The van der Waals surface area contributed by atoms with Gasteiger partial charge in [-0.25, -0.2) is 0 Å². The van der Waals surface area contributed by atoms with Gasteiger partial charge in [0.25, 0.3) is 0 Å². The third-order valence-corrected chi connectivity index (χ3v) is 7.21. The number of rotatable bonds is 7. The number of aliphatic hydroxyl groups excluding tert-OH is 6. The SMILES string of the molecule is CC(=O)O[C@@H]1[C@@H](Oc2c(-c3ccc(O)c(O)c3)oc3cc(O[C@@H]4OC[C@H](O)[C@H](O)[C@H]4O)cc(O)c3c2=O)O[C@@H](CO)[C@@H](O)[C@H]1O. The fraction of sp³-hybridized carbons (Fsp3) is 0.429. The summed E-state index contributed by atoms with van der Waals surface area (Å²) in [6.45, 7) is -0.191. The minimum atomic E-state index is -1.84. The molecule has 2 saturated heterocycles. The molecule has 2 fully saturated rings. The van der Waals surface area contributed by atoms with Gasteiger partial charge in [0, 0.05) is 24.6 Å². The van der Waals surface area contributed by atoms with Crippen molar-refractivity contribution in [2.45, 2.75) is 62.2 Å². The zero-order valence-corrected chi connectivity index (χ0v) is 23.3. The lowest BCUT2D eigenvalue weighted by molar-refractivity contribution is -0.282. The van der Waals surface area contributed by atoms with Crippen LogP contribution in [0, 0.1) is 0 Å². The average Bonchev–Trinajstić information content (AvgIpc) is 2.99. The molecular weight excluding hydrogens is 608 g/mol. The molecule has 2 aromatic carbocycles. The number of aliphatic hydroxyl groups is 6. The Balaban J connectivity index is 1.63. The van der Waals surface area contributed by atoms with Crippen molar-refractivity contribution in [1.29, 1.82) is 0 Å². The van der Waals surface area contributed by atoms with Crippen molar-refractivity contribution in [3.05, 3.63) is 40.6 Å². The number of hydrogen-bond acceptors (Lipinski definition) is 17. The molecule has 0 bridgehead atoms. The van der Waals surface area contributed by atoms with E-state index in [1.807, 2.05) is 0 Å². The van der Waals surface area contributed by atoms with Gasteiger partial charge < -0.3 is 74.1 Å². The fourth-order valence-electron chi connectivity index (χ4n) is 4.89. The predicted molar refractivity (Wildman–Crippen MR) is 145 cm³/mol. The number of esters is 1. The quantitative estimate of drug-likeness (QED) is 0.101. The molecule has 0 spiro atoms. The zero-order valence-electron chi connectivity index (χ0n) is 23.3. The number of aromatic hydroxyl groups is 3.